The van der Waals surface area contributed by atoms with Gasteiger partial charge in [0, 0.05) is 18.6 Å². The zero-order chi connectivity index (χ0) is 16.8. The first-order chi connectivity index (χ1) is 10.2. The van der Waals surface area contributed by atoms with Gasteiger partial charge in [0.25, 0.3) is 0 Å². The Kier molecular flexibility index (Phi) is 6.81. The maximum Gasteiger partial charge on any atom is 0.407 e. The summed E-state index contributed by atoms with van der Waals surface area (Å²) in [5.74, 6) is -0.218. The Hall–Kier alpha value is -1.62. The van der Waals surface area contributed by atoms with Gasteiger partial charge in [-0.3, -0.25) is 0 Å². The number of nitrogens with one attached hydrogen (secondary N) is 2. The van der Waals surface area contributed by atoms with Crippen LogP contribution in [0.25, 0.3) is 0 Å². The molecule has 0 heterocycles. The van der Waals surface area contributed by atoms with Crippen LogP contribution in [0.2, 0.25) is 0 Å². The smallest absolute Gasteiger partial charge is 0.407 e. The molecule has 1 aromatic carbocycles. The number of rotatable bonds is 6. The minimum atomic E-state index is -0.495. The summed E-state index contributed by atoms with van der Waals surface area (Å²) in [6.07, 6.45) is 0.313. The summed E-state index contributed by atoms with van der Waals surface area (Å²) >= 11 is 0. The molecule has 0 spiro atoms. The summed E-state index contributed by atoms with van der Waals surface area (Å²) in [5, 5.41) is 6.11. The lowest BCUT2D eigenvalue weighted by atomic mass is 10.1. The van der Waals surface area contributed by atoms with Crippen molar-refractivity contribution in [3.8, 4) is 0 Å². The fourth-order valence-corrected chi connectivity index (χ4v) is 2.17. The van der Waals surface area contributed by atoms with E-state index < -0.39 is 11.7 Å². The summed E-state index contributed by atoms with van der Waals surface area (Å²) in [7, 11) is 0. The molecular weight excluding hydrogens is 283 g/mol. The lowest BCUT2D eigenvalue weighted by Crippen LogP contribution is -2.44. The van der Waals surface area contributed by atoms with E-state index in [1.807, 2.05) is 40.7 Å². The fraction of sp³-hybridized carbons (Fsp3) is 0.588. The summed E-state index contributed by atoms with van der Waals surface area (Å²) in [6, 6.07) is 6.88. The van der Waals surface area contributed by atoms with Gasteiger partial charge in [-0.15, -0.1) is 0 Å². The third-order valence-electron chi connectivity index (χ3n) is 2.95. The van der Waals surface area contributed by atoms with Crippen LogP contribution >= 0.6 is 0 Å². The van der Waals surface area contributed by atoms with E-state index in [4.69, 9.17) is 4.74 Å². The summed E-state index contributed by atoms with van der Waals surface area (Å²) in [5.41, 5.74) is 0.457. The Bertz CT molecular complexity index is 486. The van der Waals surface area contributed by atoms with Crippen molar-refractivity contribution in [3.63, 3.8) is 0 Å². The monoisotopic (exact) mass is 310 g/mol. The Morgan fingerprint density at radius 1 is 1.27 bits per heavy atom. The summed E-state index contributed by atoms with van der Waals surface area (Å²) < 4.78 is 18.3. The van der Waals surface area contributed by atoms with E-state index in [-0.39, 0.29) is 17.9 Å². The van der Waals surface area contributed by atoms with Crippen molar-refractivity contribution >= 4 is 6.09 Å². The van der Waals surface area contributed by atoms with Crippen molar-refractivity contribution in [1.29, 1.82) is 0 Å². The summed E-state index contributed by atoms with van der Waals surface area (Å²) in [6.45, 7) is 9.98. The largest absolute Gasteiger partial charge is 0.444 e. The van der Waals surface area contributed by atoms with E-state index in [2.05, 4.69) is 10.6 Å². The van der Waals surface area contributed by atoms with Gasteiger partial charge in [-0.2, -0.15) is 0 Å². The number of halogens is 1. The van der Waals surface area contributed by atoms with Crippen molar-refractivity contribution < 1.29 is 13.9 Å². The predicted molar refractivity (Wildman–Crippen MR) is 86.4 cm³/mol. The highest BCUT2D eigenvalue weighted by atomic mass is 19.1. The molecule has 4 nitrogen and oxygen atoms in total. The number of benzene rings is 1. The standard InChI is InChI=1S/C17H27FN2O2/c1-12(9-14-7-6-8-15(18)10-14)20-13(2)11-19-16(21)22-17(3,4)5/h6-8,10,12-13,20H,9,11H2,1-5H3,(H,19,21). The van der Waals surface area contributed by atoms with Gasteiger partial charge in [-0.1, -0.05) is 12.1 Å². The Balaban J connectivity index is 2.32. The molecule has 0 fully saturated rings. The number of amides is 1. The molecule has 1 aromatic rings. The molecule has 0 aliphatic heterocycles. The molecule has 0 saturated carbocycles. The SMILES string of the molecule is CC(CNC(=O)OC(C)(C)C)NC(C)Cc1cccc(F)c1. The van der Waals surface area contributed by atoms with E-state index in [9.17, 15) is 9.18 Å². The van der Waals surface area contributed by atoms with Crippen molar-refractivity contribution in [2.75, 3.05) is 6.54 Å². The molecule has 0 aliphatic carbocycles. The highest BCUT2D eigenvalue weighted by molar-refractivity contribution is 5.67. The second kappa shape index (κ2) is 8.13. The van der Waals surface area contributed by atoms with Gasteiger partial charge in [-0.05, 0) is 58.7 Å². The molecule has 2 N–H and O–H groups in total. The number of alkyl carbamates (subject to hydrolysis) is 1. The van der Waals surface area contributed by atoms with Crippen molar-refractivity contribution in [2.24, 2.45) is 0 Å². The number of carbonyl (C=O) groups excluding carboxylic acids is 1. The molecule has 5 heteroatoms. The van der Waals surface area contributed by atoms with Crippen molar-refractivity contribution in [1.82, 2.24) is 10.6 Å². The fourth-order valence-electron chi connectivity index (χ4n) is 2.17. The van der Waals surface area contributed by atoms with Crippen LogP contribution in [0.5, 0.6) is 0 Å². The zero-order valence-electron chi connectivity index (χ0n) is 14.1. The highest BCUT2D eigenvalue weighted by Gasteiger charge is 2.16. The van der Waals surface area contributed by atoms with Gasteiger partial charge in [0.15, 0.2) is 0 Å². The van der Waals surface area contributed by atoms with Crippen LogP contribution in [-0.4, -0.2) is 30.3 Å². The third-order valence-corrected chi connectivity index (χ3v) is 2.95. The van der Waals surface area contributed by atoms with Crippen LogP contribution in [-0.2, 0) is 11.2 Å². The highest BCUT2D eigenvalue weighted by Crippen LogP contribution is 2.07. The van der Waals surface area contributed by atoms with Gasteiger partial charge in [-0.25, -0.2) is 9.18 Å². The maximum absolute atomic E-state index is 13.1. The summed E-state index contributed by atoms with van der Waals surface area (Å²) in [4.78, 5) is 11.6. The molecular formula is C17H27FN2O2. The van der Waals surface area contributed by atoms with Gasteiger partial charge < -0.3 is 15.4 Å². The topological polar surface area (TPSA) is 50.4 Å². The Morgan fingerprint density at radius 3 is 2.55 bits per heavy atom. The van der Waals surface area contributed by atoms with Gasteiger partial charge >= 0.3 is 6.09 Å². The lowest BCUT2D eigenvalue weighted by molar-refractivity contribution is 0.0522. The van der Waals surface area contributed by atoms with Crippen molar-refractivity contribution in [2.45, 2.75) is 58.7 Å². The van der Waals surface area contributed by atoms with Crippen LogP contribution < -0.4 is 10.6 Å². The van der Waals surface area contributed by atoms with Crippen LogP contribution in [0.1, 0.15) is 40.2 Å². The minimum absolute atomic E-state index is 0.0936. The van der Waals surface area contributed by atoms with E-state index >= 15 is 0 Å². The predicted octanol–water partition coefficient (Wildman–Crippen LogP) is 3.26. The lowest BCUT2D eigenvalue weighted by Gasteiger charge is -2.23. The van der Waals surface area contributed by atoms with Gasteiger partial charge in [0.05, 0.1) is 0 Å². The molecule has 0 aromatic heterocycles. The number of hydrogen-bond acceptors (Lipinski definition) is 3. The Labute approximate surface area is 132 Å². The molecule has 2 unspecified atom stereocenters. The van der Waals surface area contributed by atoms with E-state index in [0.29, 0.717) is 6.54 Å². The van der Waals surface area contributed by atoms with E-state index in [1.165, 1.54) is 6.07 Å². The average molecular weight is 310 g/mol. The maximum atomic E-state index is 13.1. The Morgan fingerprint density at radius 2 is 1.95 bits per heavy atom. The van der Waals surface area contributed by atoms with E-state index in [0.717, 1.165) is 12.0 Å². The first-order valence-electron chi connectivity index (χ1n) is 7.63. The van der Waals surface area contributed by atoms with Gasteiger partial charge in [0.1, 0.15) is 11.4 Å². The first-order valence-corrected chi connectivity index (χ1v) is 7.63. The van der Waals surface area contributed by atoms with Crippen LogP contribution in [0.4, 0.5) is 9.18 Å². The van der Waals surface area contributed by atoms with Crippen molar-refractivity contribution in [3.05, 3.63) is 35.6 Å². The molecule has 22 heavy (non-hydrogen) atoms. The number of ether oxygens (including phenoxy) is 1. The van der Waals surface area contributed by atoms with E-state index in [1.54, 1.807) is 12.1 Å². The second-order valence-corrected chi connectivity index (χ2v) is 6.69. The second-order valence-electron chi connectivity index (χ2n) is 6.69. The van der Waals surface area contributed by atoms with Gasteiger partial charge in [0.2, 0.25) is 0 Å². The molecule has 2 atom stereocenters. The van der Waals surface area contributed by atoms with Crippen LogP contribution in [0.15, 0.2) is 24.3 Å². The molecule has 124 valence electrons. The molecule has 0 bridgehead atoms. The quantitative estimate of drug-likeness (QED) is 0.848. The molecule has 0 aliphatic rings. The van der Waals surface area contributed by atoms with Crippen LogP contribution in [0.3, 0.4) is 0 Å². The van der Waals surface area contributed by atoms with Crippen LogP contribution in [0, 0.1) is 5.82 Å². The molecule has 1 amide bonds. The molecule has 0 saturated heterocycles. The average Bonchev–Trinajstić information content (AvgIpc) is 2.34. The minimum Gasteiger partial charge on any atom is -0.444 e. The number of carbonyl (C=O) groups is 1. The molecule has 0 radical (unpaired) electrons. The first kappa shape index (κ1) is 18.4. The zero-order valence-corrected chi connectivity index (χ0v) is 14.1. The third kappa shape index (κ3) is 7.98. The normalized spacial score (nSPS) is 14.3. The number of hydrogen-bond donors (Lipinski definition) is 2. The molecule has 1 rings (SSSR count).